The van der Waals surface area contributed by atoms with E-state index < -0.39 is 24.4 Å². The first kappa shape index (κ1) is 12.3. The zero-order valence-electron chi connectivity index (χ0n) is 8.42. The molecule has 0 bridgehead atoms. The standard InChI is InChI=1S/C9H11NO6/c11-7-1-2-8(12)10(7)6-16-4-3-15-5-9(13)14/h1-2H,3-6H2,(H,13,14). The van der Waals surface area contributed by atoms with E-state index in [-0.39, 0.29) is 19.9 Å². The molecule has 1 rings (SSSR count). The van der Waals surface area contributed by atoms with Gasteiger partial charge in [0.1, 0.15) is 13.3 Å². The Hall–Kier alpha value is -1.73. The number of ether oxygens (including phenoxy) is 2. The second-order valence-electron chi connectivity index (χ2n) is 2.92. The number of nitrogens with zero attached hydrogens (tertiary/aromatic N) is 1. The number of hydrogen-bond acceptors (Lipinski definition) is 5. The monoisotopic (exact) mass is 229 g/mol. The summed E-state index contributed by atoms with van der Waals surface area (Å²) in [4.78, 5) is 33.0. The molecule has 2 amide bonds. The molecule has 0 saturated heterocycles. The third-order valence-corrected chi connectivity index (χ3v) is 1.72. The molecule has 16 heavy (non-hydrogen) atoms. The van der Waals surface area contributed by atoms with Gasteiger partial charge in [-0.3, -0.25) is 14.5 Å². The second kappa shape index (κ2) is 5.99. The molecule has 7 heteroatoms. The fraction of sp³-hybridized carbons (Fsp3) is 0.444. The summed E-state index contributed by atoms with van der Waals surface area (Å²) >= 11 is 0. The van der Waals surface area contributed by atoms with Crippen molar-refractivity contribution in [2.24, 2.45) is 0 Å². The summed E-state index contributed by atoms with van der Waals surface area (Å²) in [7, 11) is 0. The van der Waals surface area contributed by atoms with Crippen molar-refractivity contribution in [3.8, 4) is 0 Å². The van der Waals surface area contributed by atoms with Crippen LogP contribution in [0.2, 0.25) is 0 Å². The van der Waals surface area contributed by atoms with Crippen LogP contribution in [0.25, 0.3) is 0 Å². The van der Waals surface area contributed by atoms with Crippen LogP contribution in [0.1, 0.15) is 0 Å². The molecule has 0 fully saturated rings. The number of rotatable bonds is 7. The lowest BCUT2D eigenvalue weighted by Crippen LogP contribution is -2.32. The summed E-state index contributed by atoms with van der Waals surface area (Å²) in [6.07, 6.45) is 2.32. The number of hydrogen-bond donors (Lipinski definition) is 1. The van der Waals surface area contributed by atoms with Crippen molar-refractivity contribution in [1.82, 2.24) is 4.90 Å². The number of carbonyl (C=O) groups excluding carboxylic acids is 2. The molecular formula is C9H11NO6. The van der Waals surface area contributed by atoms with Gasteiger partial charge in [0.25, 0.3) is 11.8 Å². The average Bonchev–Trinajstić information content (AvgIpc) is 2.53. The highest BCUT2D eigenvalue weighted by atomic mass is 16.5. The zero-order valence-corrected chi connectivity index (χ0v) is 8.42. The van der Waals surface area contributed by atoms with Crippen molar-refractivity contribution in [2.45, 2.75) is 0 Å². The Morgan fingerprint density at radius 2 is 1.75 bits per heavy atom. The van der Waals surface area contributed by atoms with Crippen LogP contribution in [0.4, 0.5) is 0 Å². The lowest BCUT2D eigenvalue weighted by atomic mass is 10.6. The minimum absolute atomic E-state index is 0.0932. The van der Waals surface area contributed by atoms with E-state index in [1.165, 1.54) is 0 Å². The fourth-order valence-electron chi connectivity index (χ4n) is 0.992. The highest BCUT2D eigenvalue weighted by Crippen LogP contribution is 2.02. The predicted octanol–water partition coefficient (Wildman–Crippen LogP) is -1.01. The van der Waals surface area contributed by atoms with Crippen LogP contribution < -0.4 is 0 Å². The molecule has 0 radical (unpaired) electrons. The Kier molecular flexibility index (Phi) is 4.62. The molecule has 0 aliphatic carbocycles. The third kappa shape index (κ3) is 3.79. The third-order valence-electron chi connectivity index (χ3n) is 1.72. The van der Waals surface area contributed by atoms with Gasteiger partial charge in [0.05, 0.1) is 13.2 Å². The smallest absolute Gasteiger partial charge is 0.329 e. The fourth-order valence-corrected chi connectivity index (χ4v) is 0.992. The van der Waals surface area contributed by atoms with Gasteiger partial charge < -0.3 is 14.6 Å². The van der Waals surface area contributed by atoms with Crippen molar-refractivity contribution in [1.29, 1.82) is 0 Å². The van der Waals surface area contributed by atoms with Gasteiger partial charge in [0.2, 0.25) is 0 Å². The summed E-state index contributed by atoms with van der Waals surface area (Å²) in [5.74, 6) is -1.90. The van der Waals surface area contributed by atoms with Crippen molar-refractivity contribution in [3.05, 3.63) is 12.2 Å². The van der Waals surface area contributed by atoms with E-state index in [1.54, 1.807) is 0 Å². The Bertz CT molecular complexity index is 306. The minimum atomic E-state index is -1.06. The first-order chi connectivity index (χ1) is 7.61. The van der Waals surface area contributed by atoms with Crippen LogP contribution >= 0.6 is 0 Å². The summed E-state index contributed by atoms with van der Waals surface area (Å²) in [6.45, 7) is -0.339. The number of carboxylic acids is 1. The molecule has 0 saturated carbocycles. The SMILES string of the molecule is O=C(O)COCCOCN1C(=O)C=CC1=O. The zero-order chi connectivity index (χ0) is 12.0. The van der Waals surface area contributed by atoms with Crippen LogP contribution in [-0.2, 0) is 23.9 Å². The van der Waals surface area contributed by atoms with E-state index in [4.69, 9.17) is 9.84 Å². The molecule has 0 unspecified atom stereocenters. The van der Waals surface area contributed by atoms with Gasteiger partial charge >= 0.3 is 5.97 Å². The number of imide groups is 1. The summed E-state index contributed by atoms with van der Waals surface area (Å²) in [6, 6.07) is 0. The van der Waals surface area contributed by atoms with Gasteiger partial charge in [-0.1, -0.05) is 0 Å². The Morgan fingerprint density at radius 1 is 1.19 bits per heavy atom. The van der Waals surface area contributed by atoms with E-state index in [0.717, 1.165) is 17.1 Å². The highest BCUT2D eigenvalue weighted by molar-refractivity contribution is 6.12. The topological polar surface area (TPSA) is 93.1 Å². The van der Waals surface area contributed by atoms with E-state index in [9.17, 15) is 14.4 Å². The lowest BCUT2D eigenvalue weighted by Gasteiger charge is -2.13. The minimum Gasteiger partial charge on any atom is -0.480 e. The maximum atomic E-state index is 11.0. The molecule has 1 N–H and O–H groups in total. The highest BCUT2D eigenvalue weighted by Gasteiger charge is 2.22. The lowest BCUT2D eigenvalue weighted by molar-refractivity contribution is -0.144. The van der Waals surface area contributed by atoms with Crippen molar-refractivity contribution >= 4 is 17.8 Å². The number of aliphatic carboxylic acids is 1. The summed E-state index contributed by atoms with van der Waals surface area (Å²) in [5.41, 5.74) is 0. The molecular weight excluding hydrogens is 218 g/mol. The van der Waals surface area contributed by atoms with E-state index in [1.807, 2.05) is 0 Å². The van der Waals surface area contributed by atoms with Gasteiger partial charge in [-0.25, -0.2) is 4.79 Å². The quantitative estimate of drug-likeness (QED) is 0.444. The van der Waals surface area contributed by atoms with Gasteiger partial charge in [-0.05, 0) is 0 Å². The number of carboxylic acid groups (broad SMARTS) is 1. The van der Waals surface area contributed by atoms with Crippen LogP contribution in [0, 0.1) is 0 Å². The molecule has 0 aromatic rings. The largest absolute Gasteiger partial charge is 0.480 e. The first-order valence-corrected chi connectivity index (χ1v) is 4.52. The summed E-state index contributed by atoms with van der Waals surface area (Å²) in [5, 5.41) is 8.24. The van der Waals surface area contributed by atoms with E-state index in [0.29, 0.717) is 0 Å². The Labute approximate surface area is 91.2 Å². The van der Waals surface area contributed by atoms with Crippen LogP contribution in [0.3, 0.4) is 0 Å². The molecule has 1 aliphatic rings. The van der Waals surface area contributed by atoms with Crippen LogP contribution in [-0.4, -0.2) is 54.3 Å². The van der Waals surface area contributed by atoms with E-state index >= 15 is 0 Å². The van der Waals surface area contributed by atoms with Gasteiger partial charge in [-0.15, -0.1) is 0 Å². The molecule has 1 heterocycles. The molecule has 1 aliphatic heterocycles. The number of carbonyl (C=O) groups is 3. The van der Waals surface area contributed by atoms with Crippen molar-refractivity contribution < 1.29 is 29.0 Å². The molecule has 0 atom stereocenters. The van der Waals surface area contributed by atoms with Crippen molar-refractivity contribution in [3.63, 3.8) is 0 Å². The average molecular weight is 229 g/mol. The second-order valence-corrected chi connectivity index (χ2v) is 2.92. The van der Waals surface area contributed by atoms with E-state index in [2.05, 4.69) is 4.74 Å². The van der Waals surface area contributed by atoms with Gasteiger partial charge in [0.15, 0.2) is 0 Å². The van der Waals surface area contributed by atoms with Gasteiger partial charge in [0, 0.05) is 12.2 Å². The predicted molar refractivity (Wildman–Crippen MR) is 50.3 cm³/mol. The first-order valence-electron chi connectivity index (χ1n) is 4.52. The van der Waals surface area contributed by atoms with Crippen LogP contribution in [0.15, 0.2) is 12.2 Å². The molecule has 0 spiro atoms. The molecule has 7 nitrogen and oxygen atoms in total. The maximum Gasteiger partial charge on any atom is 0.329 e. The van der Waals surface area contributed by atoms with Gasteiger partial charge in [-0.2, -0.15) is 0 Å². The Morgan fingerprint density at radius 3 is 2.31 bits per heavy atom. The molecule has 88 valence electrons. The Balaban J connectivity index is 2.05. The maximum absolute atomic E-state index is 11.0. The number of amides is 2. The van der Waals surface area contributed by atoms with Crippen LogP contribution in [0.5, 0.6) is 0 Å². The normalized spacial score (nSPS) is 14.9. The van der Waals surface area contributed by atoms with Crippen molar-refractivity contribution in [2.75, 3.05) is 26.6 Å². The summed E-state index contributed by atoms with van der Waals surface area (Å²) < 4.78 is 9.65. The molecule has 0 aromatic carbocycles. The molecule has 0 aromatic heterocycles.